The van der Waals surface area contributed by atoms with Crippen molar-refractivity contribution in [3.63, 3.8) is 0 Å². The van der Waals surface area contributed by atoms with Gasteiger partial charge in [-0.2, -0.15) is 0 Å². The van der Waals surface area contributed by atoms with Gasteiger partial charge in [0.05, 0.1) is 17.8 Å². The lowest BCUT2D eigenvalue weighted by Crippen LogP contribution is -2.20. The fourth-order valence-corrected chi connectivity index (χ4v) is 4.01. The third-order valence-electron chi connectivity index (χ3n) is 4.63. The third kappa shape index (κ3) is 3.56. The summed E-state index contributed by atoms with van der Waals surface area (Å²) in [5.41, 5.74) is 3.22. The van der Waals surface area contributed by atoms with E-state index in [4.69, 9.17) is 9.72 Å². The van der Waals surface area contributed by atoms with Crippen molar-refractivity contribution in [3.8, 4) is 21.8 Å². The highest BCUT2D eigenvalue weighted by Gasteiger charge is 2.17. The summed E-state index contributed by atoms with van der Waals surface area (Å²) in [4.78, 5) is 33.8. The molecule has 0 aliphatic carbocycles. The Hall–Kier alpha value is -3.32. The molecule has 146 valence electrons. The number of thiazole rings is 1. The van der Waals surface area contributed by atoms with Crippen LogP contribution in [0.4, 0.5) is 0 Å². The molecule has 7 heteroatoms. The number of benzene rings is 1. The van der Waals surface area contributed by atoms with Crippen LogP contribution >= 0.6 is 11.3 Å². The molecular formula is C22H19N3O3S. The van der Waals surface area contributed by atoms with Crippen LogP contribution < -0.4 is 5.43 Å². The van der Waals surface area contributed by atoms with Crippen molar-refractivity contribution in [2.75, 3.05) is 6.61 Å². The number of ether oxygens (including phenoxy) is 1. The van der Waals surface area contributed by atoms with E-state index in [1.807, 2.05) is 41.1 Å². The van der Waals surface area contributed by atoms with E-state index >= 15 is 0 Å². The van der Waals surface area contributed by atoms with Gasteiger partial charge in [-0.25, -0.2) is 9.78 Å². The molecule has 0 unspecified atom stereocenters. The zero-order valence-corrected chi connectivity index (χ0v) is 16.9. The van der Waals surface area contributed by atoms with Crippen LogP contribution in [0.25, 0.3) is 32.7 Å². The lowest BCUT2D eigenvalue weighted by molar-refractivity contribution is 0.0524. The molecule has 0 saturated carbocycles. The summed E-state index contributed by atoms with van der Waals surface area (Å²) in [5, 5.41) is 3.37. The Morgan fingerprint density at radius 1 is 1.21 bits per heavy atom. The van der Waals surface area contributed by atoms with Crippen molar-refractivity contribution in [1.29, 1.82) is 0 Å². The maximum Gasteiger partial charge on any atom is 0.343 e. The van der Waals surface area contributed by atoms with Gasteiger partial charge in [0.25, 0.3) is 0 Å². The van der Waals surface area contributed by atoms with E-state index in [-0.39, 0.29) is 17.6 Å². The molecule has 0 aliphatic heterocycles. The minimum absolute atomic E-state index is 0.0569. The summed E-state index contributed by atoms with van der Waals surface area (Å²) in [5.74, 6) is -0.591. The van der Waals surface area contributed by atoms with Crippen LogP contribution in [0.1, 0.15) is 24.2 Å². The van der Waals surface area contributed by atoms with Crippen molar-refractivity contribution >= 4 is 28.2 Å². The average molecular weight is 405 g/mol. The minimum Gasteiger partial charge on any atom is -0.462 e. The van der Waals surface area contributed by atoms with Crippen LogP contribution in [-0.4, -0.2) is 27.1 Å². The zero-order chi connectivity index (χ0) is 20.4. The van der Waals surface area contributed by atoms with Gasteiger partial charge in [0.1, 0.15) is 10.6 Å². The van der Waals surface area contributed by atoms with E-state index < -0.39 is 5.97 Å². The second-order valence-electron chi connectivity index (χ2n) is 6.39. The molecule has 0 radical (unpaired) electrons. The highest BCUT2D eigenvalue weighted by atomic mass is 32.1. The van der Waals surface area contributed by atoms with Gasteiger partial charge in [0.15, 0.2) is 0 Å². The molecule has 29 heavy (non-hydrogen) atoms. The highest BCUT2D eigenvalue weighted by molar-refractivity contribution is 7.13. The maximum atomic E-state index is 12.8. The molecule has 0 spiro atoms. The molecular weight excluding hydrogens is 386 g/mol. The Morgan fingerprint density at radius 2 is 2.07 bits per heavy atom. The molecule has 6 nitrogen and oxygen atoms in total. The predicted octanol–water partition coefficient (Wildman–Crippen LogP) is 4.38. The molecule has 3 heterocycles. The van der Waals surface area contributed by atoms with Gasteiger partial charge in [0.2, 0.25) is 5.43 Å². The average Bonchev–Trinajstić information content (AvgIpc) is 3.25. The van der Waals surface area contributed by atoms with Crippen LogP contribution in [0.15, 0.2) is 59.1 Å². The summed E-state index contributed by atoms with van der Waals surface area (Å²) in [7, 11) is 0. The van der Waals surface area contributed by atoms with Crippen molar-refractivity contribution in [2.24, 2.45) is 0 Å². The van der Waals surface area contributed by atoms with E-state index in [0.717, 1.165) is 27.3 Å². The minimum atomic E-state index is -0.591. The first-order valence-electron chi connectivity index (χ1n) is 9.33. The van der Waals surface area contributed by atoms with E-state index in [1.165, 1.54) is 0 Å². The predicted molar refractivity (Wildman–Crippen MR) is 114 cm³/mol. The smallest absolute Gasteiger partial charge is 0.343 e. The number of esters is 1. The quantitative estimate of drug-likeness (QED) is 0.461. The normalized spacial score (nSPS) is 11.0. The first kappa shape index (κ1) is 19.0. The molecule has 3 aromatic heterocycles. The number of pyridine rings is 2. The monoisotopic (exact) mass is 405 g/mol. The topological polar surface area (TPSA) is 74.1 Å². The summed E-state index contributed by atoms with van der Waals surface area (Å²) >= 11 is 1.55. The van der Waals surface area contributed by atoms with Crippen LogP contribution in [0.3, 0.4) is 0 Å². The SMILES string of the molecule is CCOC(=O)c1cn(CC)c2cc(-c3csc(-c4cccnc4)n3)ccc2c1=O. The molecule has 0 N–H and O–H groups in total. The zero-order valence-electron chi connectivity index (χ0n) is 16.1. The highest BCUT2D eigenvalue weighted by Crippen LogP contribution is 2.29. The summed E-state index contributed by atoms with van der Waals surface area (Å²) in [6.07, 6.45) is 5.10. The van der Waals surface area contributed by atoms with E-state index in [9.17, 15) is 9.59 Å². The van der Waals surface area contributed by atoms with E-state index in [1.54, 1.807) is 42.9 Å². The van der Waals surface area contributed by atoms with Gasteiger partial charge in [0, 0.05) is 47.0 Å². The Balaban J connectivity index is 1.81. The second-order valence-corrected chi connectivity index (χ2v) is 7.25. The Bertz CT molecular complexity index is 1250. The van der Waals surface area contributed by atoms with Gasteiger partial charge in [-0.3, -0.25) is 9.78 Å². The number of nitrogens with zero attached hydrogens (tertiary/aromatic N) is 3. The molecule has 0 atom stereocenters. The molecule has 0 bridgehead atoms. The van der Waals surface area contributed by atoms with Crippen LogP contribution in [0.2, 0.25) is 0 Å². The molecule has 1 aromatic carbocycles. The van der Waals surface area contributed by atoms with Gasteiger partial charge in [-0.05, 0) is 38.1 Å². The Kier molecular flexibility index (Phi) is 5.22. The first-order chi connectivity index (χ1) is 14.1. The summed E-state index contributed by atoms with van der Waals surface area (Å²) < 4.78 is 6.92. The molecule has 0 saturated heterocycles. The van der Waals surface area contributed by atoms with Crippen molar-refractivity contribution in [1.82, 2.24) is 14.5 Å². The number of aryl methyl sites for hydroxylation is 1. The molecule has 4 rings (SSSR count). The number of rotatable bonds is 5. The number of hydrogen-bond acceptors (Lipinski definition) is 6. The lowest BCUT2D eigenvalue weighted by atomic mass is 10.1. The number of aromatic nitrogens is 3. The lowest BCUT2D eigenvalue weighted by Gasteiger charge is -2.12. The largest absolute Gasteiger partial charge is 0.462 e. The van der Waals surface area contributed by atoms with Gasteiger partial charge < -0.3 is 9.30 Å². The number of fused-ring (bicyclic) bond motifs is 1. The van der Waals surface area contributed by atoms with Gasteiger partial charge in [-0.1, -0.05) is 6.07 Å². The molecule has 0 aliphatic rings. The van der Waals surface area contributed by atoms with Crippen molar-refractivity contribution in [2.45, 2.75) is 20.4 Å². The number of carbonyl (C=O) groups excluding carboxylic acids is 1. The molecule has 0 amide bonds. The number of hydrogen-bond donors (Lipinski definition) is 0. The molecule has 0 fully saturated rings. The van der Waals surface area contributed by atoms with Crippen LogP contribution in [0.5, 0.6) is 0 Å². The summed E-state index contributed by atoms with van der Waals surface area (Å²) in [6.45, 7) is 4.53. The van der Waals surface area contributed by atoms with Gasteiger partial charge in [-0.15, -0.1) is 11.3 Å². The van der Waals surface area contributed by atoms with Crippen LogP contribution in [-0.2, 0) is 11.3 Å². The van der Waals surface area contributed by atoms with Gasteiger partial charge >= 0.3 is 5.97 Å². The van der Waals surface area contributed by atoms with Crippen molar-refractivity contribution < 1.29 is 9.53 Å². The third-order valence-corrected chi connectivity index (χ3v) is 5.52. The number of carbonyl (C=O) groups is 1. The fraction of sp³-hybridized carbons (Fsp3) is 0.182. The van der Waals surface area contributed by atoms with E-state index in [0.29, 0.717) is 11.9 Å². The molecule has 4 aromatic rings. The first-order valence-corrected chi connectivity index (χ1v) is 10.2. The fourth-order valence-electron chi connectivity index (χ4n) is 3.19. The Labute approximate surface area is 171 Å². The van der Waals surface area contributed by atoms with Crippen molar-refractivity contribution in [3.05, 3.63) is 70.1 Å². The van der Waals surface area contributed by atoms with Crippen LogP contribution in [0, 0.1) is 0 Å². The standard InChI is InChI=1S/C22H19N3O3S/c1-3-25-12-17(22(27)28-4-2)20(26)16-8-7-14(10-19(16)25)18-13-29-21(24-18)15-6-5-9-23-11-15/h5-13H,3-4H2,1-2H3. The summed E-state index contributed by atoms with van der Waals surface area (Å²) in [6, 6.07) is 9.41. The maximum absolute atomic E-state index is 12.8. The van der Waals surface area contributed by atoms with E-state index in [2.05, 4.69) is 4.98 Å². The second kappa shape index (κ2) is 7.97. The Morgan fingerprint density at radius 3 is 2.79 bits per heavy atom.